The molecule has 0 saturated carbocycles. The Balaban J connectivity index is 2.95. The van der Waals surface area contributed by atoms with Crippen LogP contribution in [0, 0.1) is 13.8 Å². The van der Waals surface area contributed by atoms with Gasteiger partial charge in [-0.1, -0.05) is 0 Å². The molecule has 1 N–H and O–H groups in total. The van der Waals surface area contributed by atoms with E-state index in [-0.39, 0.29) is 0 Å². The van der Waals surface area contributed by atoms with Gasteiger partial charge in [0.1, 0.15) is 0 Å². The van der Waals surface area contributed by atoms with Crippen molar-refractivity contribution in [1.82, 2.24) is 3.48 Å². The minimum atomic E-state index is -1.38. The van der Waals surface area contributed by atoms with Gasteiger partial charge in [0.25, 0.3) is 0 Å². The first-order chi connectivity index (χ1) is 6.56. The summed E-state index contributed by atoms with van der Waals surface area (Å²) < 4.78 is 5.84. The first kappa shape index (κ1) is 11.9. The molecule has 0 amide bonds. The number of hydrogen-bond acceptors (Lipinski definition) is 2. The number of aryl methyl sites for hydroxylation is 2. The molecule has 0 radical (unpaired) electrons. The second kappa shape index (κ2) is 5.04. The van der Waals surface area contributed by atoms with Crippen LogP contribution in [0.5, 0.6) is 0 Å². The van der Waals surface area contributed by atoms with Crippen molar-refractivity contribution in [3.8, 4) is 0 Å². The zero-order chi connectivity index (χ0) is 10.7. The number of nitrogens with one attached hydrogen (secondary N) is 1. The van der Waals surface area contributed by atoms with Crippen LogP contribution in [0.2, 0.25) is 4.87 Å². The predicted molar refractivity (Wildman–Crippen MR) is 65.0 cm³/mol. The number of nitrogens with zero attached hydrogens (tertiary/aromatic N) is 1. The van der Waals surface area contributed by atoms with Gasteiger partial charge in [0.05, 0.1) is 0 Å². The standard InChI is InChI=1S/C9H12N.CH4N.CH3.Sb/c1-7-4-5-9(10-3)8(2)6-7;1-2;;/h4-6H,1-3H3;2H,1H3;1H3;/q2*-1;;+2. The van der Waals surface area contributed by atoms with Crippen LogP contribution in [0.1, 0.15) is 11.1 Å². The summed E-state index contributed by atoms with van der Waals surface area (Å²) in [6.45, 7) is 4.32. The summed E-state index contributed by atoms with van der Waals surface area (Å²) in [6.07, 6.45) is 0. The van der Waals surface area contributed by atoms with Crippen molar-refractivity contribution in [3.63, 3.8) is 0 Å². The Morgan fingerprint density at radius 2 is 1.93 bits per heavy atom. The fourth-order valence-corrected chi connectivity index (χ4v) is 3.90. The van der Waals surface area contributed by atoms with E-state index in [2.05, 4.69) is 57.5 Å². The maximum atomic E-state index is 3.41. The topological polar surface area (TPSA) is 15.3 Å². The van der Waals surface area contributed by atoms with Gasteiger partial charge in [-0.3, -0.25) is 0 Å². The molecule has 0 fully saturated rings. The van der Waals surface area contributed by atoms with Crippen LogP contribution in [0.25, 0.3) is 0 Å². The quantitative estimate of drug-likeness (QED) is 0.860. The molecular weight excluding hydrogens is 282 g/mol. The third kappa shape index (κ3) is 2.65. The number of rotatable bonds is 3. The van der Waals surface area contributed by atoms with Gasteiger partial charge in [-0.15, -0.1) is 0 Å². The van der Waals surface area contributed by atoms with E-state index in [4.69, 9.17) is 0 Å². The Kier molecular flexibility index (Phi) is 4.27. The molecule has 0 unspecified atom stereocenters. The molecule has 0 aliphatic carbocycles. The molecule has 0 aliphatic rings. The first-order valence-electron chi connectivity index (χ1n) is 4.78. The minimum absolute atomic E-state index is 1.34. The fraction of sp³-hybridized carbons (Fsp3) is 0.455. The van der Waals surface area contributed by atoms with Gasteiger partial charge in [-0.2, -0.15) is 0 Å². The average Bonchev–Trinajstić information content (AvgIpc) is 2.15. The van der Waals surface area contributed by atoms with Crippen molar-refractivity contribution in [2.24, 2.45) is 0 Å². The monoisotopic (exact) mass is 300 g/mol. The third-order valence-electron chi connectivity index (χ3n) is 2.47. The molecule has 1 aromatic carbocycles. The van der Waals surface area contributed by atoms with Crippen molar-refractivity contribution in [2.75, 3.05) is 17.2 Å². The zero-order valence-electron chi connectivity index (χ0n) is 9.63. The third-order valence-corrected chi connectivity index (χ3v) is 7.51. The molecule has 3 heteroatoms. The Hall–Kier alpha value is -0.202. The van der Waals surface area contributed by atoms with Crippen molar-refractivity contribution in [2.45, 2.75) is 18.7 Å². The Morgan fingerprint density at radius 1 is 1.29 bits per heavy atom. The molecule has 78 valence electrons. The van der Waals surface area contributed by atoms with Gasteiger partial charge in [0.2, 0.25) is 0 Å². The van der Waals surface area contributed by atoms with Crippen molar-refractivity contribution < 1.29 is 0 Å². The van der Waals surface area contributed by atoms with E-state index in [0.717, 1.165) is 0 Å². The van der Waals surface area contributed by atoms with Crippen LogP contribution < -0.4 is 6.53 Å². The Labute approximate surface area is 95.0 Å². The van der Waals surface area contributed by atoms with Crippen molar-refractivity contribution in [3.05, 3.63) is 29.3 Å². The van der Waals surface area contributed by atoms with Crippen LogP contribution >= 0.6 is 0 Å². The molecule has 1 rings (SSSR count). The molecule has 0 heterocycles. The van der Waals surface area contributed by atoms with E-state index in [9.17, 15) is 0 Å². The summed E-state index contributed by atoms with van der Waals surface area (Å²) in [7, 11) is 4.25. The van der Waals surface area contributed by atoms with Gasteiger partial charge < -0.3 is 0 Å². The Morgan fingerprint density at radius 3 is 2.43 bits per heavy atom. The number of hydrogen-bond donors (Lipinski definition) is 1. The van der Waals surface area contributed by atoms with E-state index < -0.39 is 20.8 Å². The van der Waals surface area contributed by atoms with E-state index in [1.165, 1.54) is 16.8 Å². The molecule has 0 atom stereocenters. The second-order valence-electron chi connectivity index (χ2n) is 3.56. The summed E-state index contributed by atoms with van der Waals surface area (Å²) in [6, 6.07) is 6.65. The molecule has 14 heavy (non-hydrogen) atoms. The van der Waals surface area contributed by atoms with Gasteiger partial charge in [-0.05, 0) is 0 Å². The predicted octanol–water partition coefficient (Wildman–Crippen LogP) is 2.08. The van der Waals surface area contributed by atoms with Crippen molar-refractivity contribution in [1.29, 1.82) is 0 Å². The maximum absolute atomic E-state index is 3.41. The van der Waals surface area contributed by atoms with Crippen LogP contribution in [0.3, 0.4) is 0 Å². The van der Waals surface area contributed by atoms with Crippen LogP contribution in [0.4, 0.5) is 5.69 Å². The summed E-state index contributed by atoms with van der Waals surface area (Å²) in [5.41, 5.74) is 4.08. The van der Waals surface area contributed by atoms with E-state index in [1.807, 2.05) is 0 Å². The first-order valence-corrected chi connectivity index (χ1v) is 9.75. The van der Waals surface area contributed by atoms with Crippen molar-refractivity contribution >= 4 is 26.5 Å². The summed E-state index contributed by atoms with van der Waals surface area (Å²) in [4.78, 5) is 2.34. The van der Waals surface area contributed by atoms with E-state index >= 15 is 0 Å². The van der Waals surface area contributed by atoms with Gasteiger partial charge in [0, 0.05) is 0 Å². The summed E-state index contributed by atoms with van der Waals surface area (Å²) >= 11 is -1.38. The molecule has 0 aromatic heterocycles. The average molecular weight is 301 g/mol. The Bertz CT molecular complexity index is 312. The SMILES string of the molecule is C[NH][Sb]([CH3])[N](C)c1ccc(C)cc1C. The molecule has 1 aromatic rings. The molecule has 2 nitrogen and oxygen atoms in total. The van der Waals surface area contributed by atoms with Gasteiger partial charge in [-0.25, -0.2) is 0 Å². The molecular formula is C11H19N2Sb. The van der Waals surface area contributed by atoms with Crippen LogP contribution in [-0.4, -0.2) is 34.9 Å². The number of benzene rings is 1. The van der Waals surface area contributed by atoms with Gasteiger partial charge in [0.15, 0.2) is 0 Å². The normalized spacial score (nSPS) is 10.7. The molecule has 0 aliphatic heterocycles. The van der Waals surface area contributed by atoms with Crippen LogP contribution in [-0.2, 0) is 0 Å². The van der Waals surface area contributed by atoms with Crippen LogP contribution in [0.15, 0.2) is 18.2 Å². The zero-order valence-corrected chi connectivity index (χ0v) is 12.2. The number of anilines is 1. The second-order valence-corrected chi connectivity index (χ2v) is 9.54. The van der Waals surface area contributed by atoms with Gasteiger partial charge >= 0.3 is 95.1 Å². The fourth-order valence-electron chi connectivity index (χ4n) is 1.48. The summed E-state index contributed by atoms with van der Waals surface area (Å²) in [5, 5.41) is 0. The van der Waals surface area contributed by atoms with E-state index in [1.54, 1.807) is 0 Å². The molecule has 0 saturated heterocycles. The summed E-state index contributed by atoms with van der Waals surface area (Å²) in [5.74, 6) is 0. The van der Waals surface area contributed by atoms with E-state index in [0.29, 0.717) is 0 Å². The molecule has 0 spiro atoms. The molecule has 0 bridgehead atoms.